The van der Waals surface area contributed by atoms with Gasteiger partial charge in [-0.1, -0.05) is 48.5 Å². The van der Waals surface area contributed by atoms with Gasteiger partial charge in [0, 0.05) is 0 Å². The molecule has 2 aliphatic rings. The number of halogens is 2. The summed E-state index contributed by atoms with van der Waals surface area (Å²) in [4.78, 5) is 0. The molecule has 0 unspecified atom stereocenters. The van der Waals surface area contributed by atoms with Gasteiger partial charge in [0.15, 0.2) is 0 Å². The van der Waals surface area contributed by atoms with Crippen LogP contribution >= 0.6 is 24.8 Å². The van der Waals surface area contributed by atoms with Gasteiger partial charge in [-0.25, -0.2) is 0 Å². The summed E-state index contributed by atoms with van der Waals surface area (Å²) in [5, 5.41) is 0. The fourth-order valence-electron chi connectivity index (χ4n) is 1.13. The van der Waals surface area contributed by atoms with Crippen molar-refractivity contribution in [1.29, 1.82) is 0 Å². The van der Waals surface area contributed by atoms with Crippen LogP contribution < -0.4 is 0 Å². The van der Waals surface area contributed by atoms with Crippen LogP contribution in [0.15, 0.2) is 48.5 Å². The zero-order valence-electron chi connectivity index (χ0n) is 6.44. The largest absolute Gasteiger partial charge is 0.147 e. The molecule has 0 heterocycles. The van der Waals surface area contributed by atoms with E-state index >= 15 is 0 Å². The van der Waals surface area contributed by atoms with Crippen molar-refractivity contribution in [2.75, 3.05) is 0 Å². The smallest absolute Gasteiger partial charge is 0.0184 e. The van der Waals surface area contributed by atoms with Crippen LogP contribution in [0.3, 0.4) is 0 Å². The van der Waals surface area contributed by atoms with Crippen LogP contribution in [-0.2, 0) is 0 Å². The SMILES string of the molecule is Cl.Cl.c1ccc2cccc-2cc1. The predicted molar refractivity (Wildman–Crippen MR) is 57.6 cm³/mol. The van der Waals surface area contributed by atoms with E-state index < -0.39 is 0 Å². The monoisotopic (exact) mass is 200 g/mol. The molecule has 0 nitrogen and oxygen atoms in total. The highest BCUT2D eigenvalue weighted by Crippen LogP contribution is 2.19. The van der Waals surface area contributed by atoms with E-state index in [1.165, 1.54) is 11.1 Å². The summed E-state index contributed by atoms with van der Waals surface area (Å²) in [6.07, 6.45) is 0. The molecular formula is C10H10Cl2. The summed E-state index contributed by atoms with van der Waals surface area (Å²) in [6, 6.07) is 16.7. The average Bonchev–Trinajstić information content (AvgIpc) is 2.28. The molecule has 0 spiro atoms. The number of hydrogen-bond acceptors (Lipinski definition) is 0. The van der Waals surface area contributed by atoms with Crippen molar-refractivity contribution in [1.82, 2.24) is 0 Å². The van der Waals surface area contributed by atoms with Crippen LogP contribution in [-0.4, -0.2) is 0 Å². The van der Waals surface area contributed by atoms with E-state index in [0.29, 0.717) is 0 Å². The number of hydrogen-bond donors (Lipinski definition) is 0. The summed E-state index contributed by atoms with van der Waals surface area (Å²) >= 11 is 0. The van der Waals surface area contributed by atoms with Gasteiger partial charge < -0.3 is 0 Å². The average molecular weight is 201 g/mol. The molecule has 0 radical (unpaired) electrons. The van der Waals surface area contributed by atoms with Crippen LogP contribution in [0.4, 0.5) is 0 Å². The summed E-state index contributed by atoms with van der Waals surface area (Å²) in [5.74, 6) is 0. The predicted octanol–water partition coefficient (Wildman–Crippen LogP) is 3.64. The normalized spacial score (nSPS) is 8.33. The Kier molecular flexibility index (Phi) is 4.72. The molecule has 0 atom stereocenters. The molecule has 12 heavy (non-hydrogen) atoms. The van der Waals surface area contributed by atoms with Crippen LogP contribution in [0.2, 0.25) is 0 Å². The third-order valence-electron chi connectivity index (χ3n) is 1.66. The van der Waals surface area contributed by atoms with Gasteiger partial charge >= 0.3 is 0 Å². The second kappa shape index (κ2) is 5.02. The summed E-state index contributed by atoms with van der Waals surface area (Å²) in [6.45, 7) is 0. The minimum absolute atomic E-state index is 0. The maximum absolute atomic E-state index is 2.12. The number of fused-ring (bicyclic) bond motifs is 1. The van der Waals surface area contributed by atoms with Gasteiger partial charge in [0.2, 0.25) is 0 Å². The maximum atomic E-state index is 2.12. The molecule has 2 heteroatoms. The van der Waals surface area contributed by atoms with E-state index in [2.05, 4.69) is 42.5 Å². The summed E-state index contributed by atoms with van der Waals surface area (Å²) in [5.41, 5.74) is 2.62. The van der Waals surface area contributed by atoms with Crippen molar-refractivity contribution in [2.24, 2.45) is 0 Å². The quantitative estimate of drug-likeness (QED) is 0.610. The lowest BCUT2D eigenvalue weighted by Crippen LogP contribution is -1.59. The highest BCUT2D eigenvalue weighted by molar-refractivity contribution is 5.85. The summed E-state index contributed by atoms with van der Waals surface area (Å²) in [7, 11) is 0. The maximum Gasteiger partial charge on any atom is -0.0184 e. The van der Waals surface area contributed by atoms with Crippen molar-refractivity contribution < 1.29 is 0 Å². The Morgan fingerprint density at radius 1 is 0.500 bits per heavy atom. The van der Waals surface area contributed by atoms with Crippen molar-refractivity contribution in [3.05, 3.63) is 48.5 Å². The topological polar surface area (TPSA) is 0 Å². The number of rotatable bonds is 0. The lowest BCUT2D eigenvalue weighted by Gasteiger charge is -1.85. The summed E-state index contributed by atoms with van der Waals surface area (Å²) < 4.78 is 0. The first kappa shape index (κ1) is 11.3. The molecule has 2 rings (SSSR count). The Bertz CT molecular complexity index is 279. The third-order valence-corrected chi connectivity index (χ3v) is 1.66. The lowest BCUT2D eigenvalue weighted by atomic mass is 10.2. The second-order valence-electron chi connectivity index (χ2n) is 2.35. The molecule has 0 aromatic rings. The molecule has 0 amide bonds. The zero-order chi connectivity index (χ0) is 6.81. The Morgan fingerprint density at radius 3 is 1.42 bits per heavy atom. The fraction of sp³-hybridized carbons (Fsp3) is 0. The van der Waals surface area contributed by atoms with Gasteiger partial charge in [-0.2, -0.15) is 0 Å². The van der Waals surface area contributed by atoms with Crippen molar-refractivity contribution in [3.8, 4) is 11.1 Å². The van der Waals surface area contributed by atoms with E-state index in [0.717, 1.165) is 0 Å². The second-order valence-corrected chi connectivity index (χ2v) is 2.35. The molecule has 0 fully saturated rings. The van der Waals surface area contributed by atoms with Crippen molar-refractivity contribution in [2.45, 2.75) is 0 Å². The highest BCUT2D eigenvalue weighted by atomic mass is 35.5. The minimum Gasteiger partial charge on any atom is -0.147 e. The van der Waals surface area contributed by atoms with E-state index in [-0.39, 0.29) is 24.8 Å². The molecule has 2 aliphatic carbocycles. The van der Waals surface area contributed by atoms with Crippen molar-refractivity contribution in [3.63, 3.8) is 0 Å². The molecule has 0 aromatic heterocycles. The van der Waals surface area contributed by atoms with E-state index in [4.69, 9.17) is 0 Å². The van der Waals surface area contributed by atoms with Gasteiger partial charge in [0.25, 0.3) is 0 Å². The molecule has 0 bridgehead atoms. The fourth-order valence-corrected chi connectivity index (χ4v) is 1.13. The van der Waals surface area contributed by atoms with Crippen LogP contribution in [0.25, 0.3) is 11.1 Å². The molecule has 0 saturated heterocycles. The first-order chi connectivity index (χ1) is 4.97. The van der Waals surface area contributed by atoms with Gasteiger partial charge in [-0.3, -0.25) is 0 Å². The van der Waals surface area contributed by atoms with Crippen molar-refractivity contribution >= 4 is 24.8 Å². The van der Waals surface area contributed by atoms with E-state index in [1.54, 1.807) is 0 Å². The van der Waals surface area contributed by atoms with E-state index in [9.17, 15) is 0 Å². The van der Waals surface area contributed by atoms with Crippen LogP contribution in [0.1, 0.15) is 0 Å². The molecule has 0 saturated carbocycles. The van der Waals surface area contributed by atoms with E-state index in [1.807, 2.05) is 6.07 Å². The zero-order valence-corrected chi connectivity index (χ0v) is 8.07. The van der Waals surface area contributed by atoms with Gasteiger partial charge in [-0.15, -0.1) is 24.8 Å². The first-order valence-electron chi connectivity index (χ1n) is 3.40. The van der Waals surface area contributed by atoms with Gasteiger partial charge in [0.05, 0.1) is 0 Å². The Hall–Kier alpha value is -0.720. The minimum atomic E-state index is 0. The first-order valence-corrected chi connectivity index (χ1v) is 3.40. The Labute approximate surface area is 84.8 Å². The molecule has 0 N–H and O–H groups in total. The molecule has 0 aromatic carbocycles. The third kappa shape index (κ3) is 2.13. The van der Waals surface area contributed by atoms with Gasteiger partial charge in [0.1, 0.15) is 0 Å². The Morgan fingerprint density at radius 2 is 0.917 bits per heavy atom. The molecule has 0 aliphatic heterocycles. The highest BCUT2D eigenvalue weighted by Gasteiger charge is 1.94. The van der Waals surface area contributed by atoms with Gasteiger partial charge in [-0.05, 0) is 11.1 Å². The van der Waals surface area contributed by atoms with Crippen LogP contribution in [0, 0.1) is 0 Å². The van der Waals surface area contributed by atoms with Crippen LogP contribution in [0.5, 0.6) is 0 Å². The Balaban J connectivity index is 0.000000605. The standard InChI is InChI=1S/C10H8.2ClH/c1-2-5-9-7-4-8-10(9)6-3-1;;/h1-8H;2*1H. The lowest BCUT2D eigenvalue weighted by molar-refractivity contribution is 1.84. The molecule has 64 valence electrons. The molecular weight excluding hydrogens is 191 g/mol.